The van der Waals surface area contributed by atoms with Crippen molar-refractivity contribution >= 4 is 23.5 Å². The van der Waals surface area contributed by atoms with Crippen LogP contribution in [0.1, 0.15) is 20.3 Å². The summed E-state index contributed by atoms with van der Waals surface area (Å²) < 4.78 is 4.88. The van der Waals surface area contributed by atoms with Gasteiger partial charge in [-0.1, -0.05) is 18.2 Å². The Balaban J connectivity index is 2.07. The molecule has 1 fully saturated rings. The van der Waals surface area contributed by atoms with Crippen molar-refractivity contribution in [2.75, 3.05) is 11.5 Å². The molecule has 1 aromatic rings. The Morgan fingerprint density at radius 1 is 1.38 bits per heavy atom. The van der Waals surface area contributed by atoms with Gasteiger partial charge in [-0.05, 0) is 26.0 Å². The van der Waals surface area contributed by atoms with Crippen molar-refractivity contribution in [2.45, 2.75) is 32.4 Å². The van der Waals surface area contributed by atoms with Gasteiger partial charge in [0, 0.05) is 0 Å². The number of ether oxygens (including phenoxy) is 1. The number of amides is 2. The fraction of sp³-hybridized carbons (Fsp3) is 0.400. The van der Waals surface area contributed by atoms with E-state index in [9.17, 15) is 14.4 Å². The third-order valence-electron chi connectivity index (χ3n) is 3.25. The third kappa shape index (κ3) is 3.28. The molecule has 2 rings (SSSR count). The first-order chi connectivity index (χ1) is 10.0. The van der Waals surface area contributed by atoms with E-state index in [1.807, 2.05) is 6.07 Å². The molecule has 112 valence electrons. The van der Waals surface area contributed by atoms with Crippen molar-refractivity contribution < 1.29 is 19.1 Å². The number of nitrogens with zero attached hydrogens (tertiary/aromatic N) is 1. The van der Waals surface area contributed by atoms with E-state index >= 15 is 0 Å². The van der Waals surface area contributed by atoms with Crippen molar-refractivity contribution in [2.24, 2.45) is 0 Å². The minimum Gasteiger partial charge on any atom is -0.465 e. The fourth-order valence-corrected chi connectivity index (χ4v) is 2.25. The highest BCUT2D eigenvalue weighted by atomic mass is 16.5. The molecular formula is C15H18N2O4. The quantitative estimate of drug-likeness (QED) is 0.643. The molecule has 2 amide bonds. The Kier molecular flexibility index (Phi) is 4.70. The van der Waals surface area contributed by atoms with E-state index in [0.29, 0.717) is 5.69 Å². The molecule has 0 aromatic heterocycles. The highest BCUT2D eigenvalue weighted by Gasteiger charge is 2.40. The van der Waals surface area contributed by atoms with E-state index in [0.717, 1.165) is 4.90 Å². The maximum atomic E-state index is 12.3. The second-order valence-electron chi connectivity index (χ2n) is 4.80. The third-order valence-corrected chi connectivity index (χ3v) is 3.25. The van der Waals surface area contributed by atoms with Gasteiger partial charge in [-0.3, -0.25) is 19.7 Å². The van der Waals surface area contributed by atoms with Crippen LogP contribution in [0.4, 0.5) is 5.69 Å². The first-order valence-corrected chi connectivity index (χ1v) is 6.89. The zero-order valence-electron chi connectivity index (χ0n) is 12.0. The van der Waals surface area contributed by atoms with E-state index in [1.165, 1.54) is 0 Å². The lowest BCUT2D eigenvalue weighted by Gasteiger charge is -2.18. The van der Waals surface area contributed by atoms with Gasteiger partial charge in [0.05, 0.1) is 24.8 Å². The van der Waals surface area contributed by atoms with Gasteiger partial charge in [-0.25, -0.2) is 4.90 Å². The summed E-state index contributed by atoms with van der Waals surface area (Å²) in [5, 5.41) is 2.86. The number of hydrogen-bond donors (Lipinski definition) is 1. The molecule has 0 spiro atoms. The van der Waals surface area contributed by atoms with Gasteiger partial charge in [0.25, 0.3) is 5.91 Å². The fourth-order valence-electron chi connectivity index (χ4n) is 2.25. The molecule has 1 aliphatic rings. The maximum absolute atomic E-state index is 12.3. The lowest BCUT2D eigenvalue weighted by atomic mass is 10.2. The molecule has 1 saturated heterocycles. The highest BCUT2D eigenvalue weighted by molar-refractivity contribution is 6.22. The van der Waals surface area contributed by atoms with Crippen molar-refractivity contribution in [3.63, 3.8) is 0 Å². The van der Waals surface area contributed by atoms with E-state index < -0.39 is 18.1 Å². The molecule has 0 radical (unpaired) electrons. The number of carbonyl (C=O) groups is 3. The molecule has 1 aromatic carbocycles. The Labute approximate surface area is 123 Å². The molecule has 0 saturated carbocycles. The molecule has 1 heterocycles. The lowest BCUT2D eigenvalue weighted by molar-refractivity contribution is -0.145. The first kappa shape index (κ1) is 15.2. The normalized spacial score (nSPS) is 19.7. The number of anilines is 1. The van der Waals surface area contributed by atoms with Crippen molar-refractivity contribution in [3.8, 4) is 0 Å². The monoisotopic (exact) mass is 290 g/mol. The summed E-state index contributed by atoms with van der Waals surface area (Å²) in [6.07, 6.45) is 0.0392. The summed E-state index contributed by atoms with van der Waals surface area (Å²) in [5.74, 6) is -1.06. The molecule has 1 aliphatic heterocycles. The van der Waals surface area contributed by atoms with Gasteiger partial charge in [0.15, 0.2) is 0 Å². The number of benzene rings is 1. The van der Waals surface area contributed by atoms with Crippen LogP contribution in [-0.4, -0.2) is 36.5 Å². The van der Waals surface area contributed by atoms with E-state index in [2.05, 4.69) is 5.32 Å². The zero-order valence-corrected chi connectivity index (χ0v) is 12.0. The van der Waals surface area contributed by atoms with Crippen LogP contribution < -0.4 is 10.2 Å². The molecule has 2 atom stereocenters. The van der Waals surface area contributed by atoms with Crippen LogP contribution in [-0.2, 0) is 19.1 Å². The number of rotatable bonds is 5. The highest BCUT2D eigenvalue weighted by Crippen LogP contribution is 2.22. The Hall–Kier alpha value is -2.21. The average molecular weight is 290 g/mol. The molecule has 1 N–H and O–H groups in total. The van der Waals surface area contributed by atoms with Crippen LogP contribution in [0.25, 0.3) is 0 Å². The summed E-state index contributed by atoms with van der Waals surface area (Å²) in [5.41, 5.74) is 0.542. The molecule has 6 heteroatoms. The summed E-state index contributed by atoms with van der Waals surface area (Å²) in [4.78, 5) is 37.1. The average Bonchev–Trinajstić information content (AvgIpc) is 2.74. The molecule has 6 nitrogen and oxygen atoms in total. The van der Waals surface area contributed by atoms with Gasteiger partial charge in [-0.2, -0.15) is 0 Å². The number of carbonyl (C=O) groups excluding carboxylic acids is 3. The van der Waals surface area contributed by atoms with Gasteiger partial charge in [0.1, 0.15) is 6.04 Å². The van der Waals surface area contributed by atoms with Crippen molar-refractivity contribution in [1.29, 1.82) is 0 Å². The summed E-state index contributed by atoms with van der Waals surface area (Å²) in [7, 11) is 0. The maximum Gasteiger partial charge on any atom is 0.322 e. The van der Waals surface area contributed by atoms with Gasteiger partial charge in [0.2, 0.25) is 5.91 Å². The Morgan fingerprint density at radius 3 is 2.67 bits per heavy atom. The van der Waals surface area contributed by atoms with Gasteiger partial charge < -0.3 is 4.74 Å². The summed E-state index contributed by atoms with van der Waals surface area (Å²) in [6, 6.07) is 7.41. The van der Waals surface area contributed by atoms with E-state index in [1.54, 1.807) is 38.1 Å². The minimum atomic E-state index is -0.697. The second-order valence-corrected chi connectivity index (χ2v) is 4.80. The predicted octanol–water partition coefficient (Wildman–Crippen LogP) is 0.860. The van der Waals surface area contributed by atoms with Crippen LogP contribution in [0, 0.1) is 0 Å². The molecule has 0 bridgehead atoms. The number of nitrogens with one attached hydrogen (secondary N) is 1. The van der Waals surface area contributed by atoms with E-state index in [4.69, 9.17) is 4.74 Å². The van der Waals surface area contributed by atoms with Crippen LogP contribution in [0.5, 0.6) is 0 Å². The summed E-state index contributed by atoms with van der Waals surface area (Å²) >= 11 is 0. The van der Waals surface area contributed by atoms with Crippen LogP contribution in [0.2, 0.25) is 0 Å². The molecule has 21 heavy (non-hydrogen) atoms. The number of hydrogen-bond acceptors (Lipinski definition) is 5. The first-order valence-electron chi connectivity index (χ1n) is 6.89. The van der Waals surface area contributed by atoms with Crippen molar-refractivity contribution in [3.05, 3.63) is 30.3 Å². The zero-order chi connectivity index (χ0) is 15.4. The number of imide groups is 1. The smallest absolute Gasteiger partial charge is 0.322 e. The summed E-state index contributed by atoms with van der Waals surface area (Å²) in [6.45, 7) is 3.60. The number of esters is 1. The van der Waals surface area contributed by atoms with Gasteiger partial charge >= 0.3 is 5.97 Å². The van der Waals surface area contributed by atoms with Crippen LogP contribution >= 0.6 is 0 Å². The lowest BCUT2D eigenvalue weighted by Crippen LogP contribution is -2.46. The molecular weight excluding hydrogens is 272 g/mol. The Bertz CT molecular complexity index is 544. The van der Waals surface area contributed by atoms with Crippen LogP contribution in [0.3, 0.4) is 0 Å². The molecule has 2 unspecified atom stereocenters. The largest absolute Gasteiger partial charge is 0.465 e. The second kappa shape index (κ2) is 6.49. The molecule has 0 aliphatic carbocycles. The Morgan fingerprint density at radius 2 is 2.05 bits per heavy atom. The van der Waals surface area contributed by atoms with Gasteiger partial charge in [-0.15, -0.1) is 0 Å². The predicted molar refractivity (Wildman–Crippen MR) is 76.6 cm³/mol. The van der Waals surface area contributed by atoms with E-state index in [-0.39, 0.29) is 24.8 Å². The van der Waals surface area contributed by atoms with Crippen LogP contribution in [0.15, 0.2) is 30.3 Å². The SMILES string of the molecule is CCOC(=O)C(C)NC1CC(=O)N(c2ccccc2)C1=O. The number of para-hydroxylation sites is 1. The standard InChI is InChI=1S/C15H18N2O4/c1-3-21-15(20)10(2)16-12-9-13(18)17(14(12)19)11-7-5-4-6-8-11/h4-8,10,12,16H,3,9H2,1-2H3. The topological polar surface area (TPSA) is 75.7 Å². The van der Waals surface area contributed by atoms with Crippen molar-refractivity contribution in [1.82, 2.24) is 5.32 Å². The minimum absolute atomic E-state index is 0.0392.